The minimum Gasteiger partial charge on any atom is -0.406 e. The van der Waals surface area contributed by atoms with E-state index in [-0.39, 0.29) is 5.75 Å². The molecule has 0 unspecified atom stereocenters. The third-order valence-corrected chi connectivity index (χ3v) is 6.53. The Morgan fingerprint density at radius 3 is 1.93 bits per heavy atom. The van der Waals surface area contributed by atoms with Crippen molar-refractivity contribution >= 4 is 0 Å². The normalized spacial score (nSPS) is 29.4. The predicted molar refractivity (Wildman–Crippen MR) is 107 cm³/mol. The minimum absolute atomic E-state index is 0.134. The number of rotatable bonds is 5. The third kappa shape index (κ3) is 6.15. The van der Waals surface area contributed by atoms with E-state index in [2.05, 4.69) is 29.0 Å². The summed E-state index contributed by atoms with van der Waals surface area (Å²) in [4.78, 5) is 0. The number of hydrogen-bond donors (Lipinski definition) is 0. The quantitative estimate of drug-likeness (QED) is 0.465. The summed E-state index contributed by atoms with van der Waals surface area (Å²) < 4.78 is 40.8. The van der Waals surface area contributed by atoms with Crippen LogP contribution in [0.5, 0.6) is 5.75 Å². The number of hydrogen-bond acceptors (Lipinski definition) is 1. The van der Waals surface area contributed by atoms with Gasteiger partial charge in [-0.1, -0.05) is 36.4 Å². The minimum atomic E-state index is -4.62. The average molecular weight is 393 g/mol. The van der Waals surface area contributed by atoms with Gasteiger partial charge in [-0.05, 0) is 99.7 Å². The zero-order valence-electron chi connectivity index (χ0n) is 16.6. The zero-order valence-corrected chi connectivity index (χ0v) is 16.6. The fourth-order valence-corrected chi connectivity index (χ4v) is 5.01. The van der Waals surface area contributed by atoms with E-state index in [1.54, 1.807) is 12.1 Å². The highest BCUT2D eigenvalue weighted by atomic mass is 19.4. The van der Waals surface area contributed by atoms with Crippen molar-refractivity contribution in [1.82, 2.24) is 0 Å². The number of halogens is 3. The maximum Gasteiger partial charge on any atom is 0.573 e. The van der Waals surface area contributed by atoms with Crippen molar-refractivity contribution in [2.75, 3.05) is 0 Å². The molecule has 0 spiro atoms. The lowest BCUT2D eigenvalue weighted by molar-refractivity contribution is -0.274. The highest BCUT2D eigenvalue weighted by Crippen LogP contribution is 2.44. The molecule has 3 rings (SSSR count). The van der Waals surface area contributed by atoms with Gasteiger partial charge in [-0.2, -0.15) is 0 Å². The number of alkyl halides is 3. The topological polar surface area (TPSA) is 9.23 Å². The van der Waals surface area contributed by atoms with E-state index in [0.29, 0.717) is 5.92 Å². The maximum atomic E-state index is 12.3. The van der Waals surface area contributed by atoms with E-state index < -0.39 is 6.36 Å². The second-order valence-corrected chi connectivity index (χ2v) is 8.31. The van der Waals surface area contributed by atoms with Crippen molar-refractivity contribution in [1.29, 1.82) is 0 Å². The molecule has 2 aliphatic carbocycles. The van der Waals surface area contributed by atoms with Gasteiger partial charge in [0.2, 0.25) is 0 Å². The molecule has 0 atom stereocenters. The molecule has 2 saturated carbocycles. The fourth-order valence-electron chi connectivity index (χ4n) is 5.01. The van der Waals surface area contributed by atoms with Gasteiger partial charge < -0.3 is 4.74 Å². The van der Waals surface area contributed by atoms with Crippen LogP contribution in [-0.2, 0) is 0 Å². The van der Waals surface area contributed by atoms with Crippen LogP contribution in [0.2, 0.25) is 0 Å². The Morgan fingerprint density at radius 1 is 0.821 bits per heavy atom. The van der Waals surface area contributed by atoms with Crippen LogP contribution in [0.4, 0.5) is 13.2 Å². The van der Waals surface area contributed by atoms with Crippen molar-refractivity contribution in [2.45, 2.75) is 70.6 Å². The molecule has 0 heterocycles. The summed E-state index contributed by atoms with van der Waals surface area (Å²) in [6.07, 6.45) is 14.2. The van der Waals surface area contributed by atoms with Crippen LogP contribution in [-0.4, -0.2) is 6.36 Å². The fraction of sp³-hybridized carbons (Fsp3) is 0.583. The van der Waals surface area contributed by atoms with Crippen molar-refractivity contribution in [2.24, 2.45) is 17.8 Å². The molecule has 2 fully saturated rings. The molecule has 28 heavy (non-hydrogen) atoms. The smallest absolute Gasteiger partial charge is 0.406 e. The molecule has 1 aromatic carbocycles. The molecule has 4 heteroatoms. The van der Waals surface area contributed by atoms with E-state index in [0.717, 1.165) is 36.2 Å². The van der Waals surface area contributed by atoms with E-state index in [9.17, 15) is 13.2 Å². The van der Waals surface area contributed by atoms with Crippen LogP contribution in [0.1, 0.15) is 69.8 Å². The number of allylic oxidation sites excluding steroid dienone is 4. The summed E-state index contributed by atoms with van der Waals surface area (Å²) in [6, 6.07) is 6.48. The second kappa shape index (κ2) is 9.67. The van der Waals surface area contributed by atoms with Gasteiger partial charge in [0.25, 0.3) is 0 Å². The first-order chi connectivity index (χ1) is 13.4. The van der Waals surface area contributed by atoms with Crippen LogP contribution < -0.4 is 4.74 Å². The molecular weight excluding hydrogens is 361 g/mol. The first-order valence-corrected chi connectivity index (χ1v) is 10.6. The molecule has 0 bridgehead atoms. The van der Waals surface area contributed by atoms with Gasteiger partial charge in [0.15, 0.2) is 0 Å². The average Bonchev–Trinajstić information content (AvgIpc) is 2.68. The standard InChI is InChI=1S/C24H31F3O/c1-2-3-4-5-18-6-8-19(9-7-18)20-10-12-21(13-11-20)22-14-16-23(17-15-22)28-24(25,26)27/h2-5,14-21H,6-13H2,1H3. The molecule has 0 aliphatic heterocycles. The van der Waals surface area contributed by atoms with Crippen LogP contribution in [0, 0.1) is 17.8 Å². The Balaban J connectivity index is 1.45. The maximum absolute atomic E-state index is 12.3. The van der Waals surface area contributed by atoms with Crippen LogP contribution >= 0.6 is 0 Å². The Morgan fingerprint density at radius 2 is 1.39 bits per heavy atom. The molecule has 0 aromatic heterocycles. The molecule has 0 amide bonds. The lowest BCUT2D eigenvalue weighted by Crippen LogP contribution is -2.25. The first kappa shape index (κ1) is 21.0. The van der Waals surface area contributed by atoms with Gasteiger partial charge in [0.05, 0.1) is 0 Å². The summed E-state index contributed by atoms with van der Waals surface area (Å²) in [5, 5.41) is 0. The largest absolute Gasteiger partial charge is 0.573 e. The second-order valence-electron chi connectivity index (χ2n) is 8.31. The highest BCUT2D eigenvalue weighted by Gasteiger charge is 2.32. The Bertz CT molecular complexity index is 643. The Kier molecular flexibility index (Phi) is 7.25. The number of ether oxygens (including phenoxy) is 1. The molecule has 154 valence electrons. The van der Waals surface area contributed by atoms with E-state index in [4.69, 9.17) is 0 Å². The lowest BCUT2D eigenvalue weighted by atomic mass is 9.68. The lowest BCUT2D eigenvalue weighted by Gasteiger charge is -2.37. The summed E-state index contributed by atoms with van der Waals surface area (Å²) in [6.45, 7) is 2.04. The molecule has 2 aliphatic rings. The molecule has 1 aromatic rings. The predicted octanol–water partition coefficient (Wildman–Crippen LogP) is 7.80. The zero-order chi connectivity index (χ0) is 20.0. The molecule has 0 radical (unpaired) electrons. The van der Waals surface area contributed by atoms with Crippen LogP contribution in [0.25, 0.3) is 0 Å². The van der Waals surface area contributed by atoms with E-state index >= 15 is 0 Å². The van der Waals surface area contributed by atoms with Gasteiger partial charge in [0, 0.05) is 0 Å². The first-order valence-electron chi connectivity index (χ1n) is 10.6. The van der Waals surface area contributed by atoms with Gasteiger partial charge in [-0.3, -0.25) is 0 Å². The van der Waals surface area contributed by atoms with Crippen LogP contribution in [0.15, 0.2) is 48.6 Å². The molecule has 0 N–H and O–H groups in total. The van der Waals surface area contributed by atoms with Crippen molar-refractivity contribution in [3.05, 3.63) is 54.1 Å². The van der Waals surface area contributed by atoms with Gasteiger partial charge in [0.1, 0.15) is 5.75 Å². The highest BCUT2D eigenvalue weighted by molar-refractivity contribution is 5.29. The van der Waals surface area contributed by atoms with Gasteiger partial charge in [-0.15, -0.1) is 13.2 Å². The molecular formula is C24H31F3O. The summed E-state index contributed by atoms with van der Waals surface area (Å²) in [5.41, 5.74) is 1.14. The van der Waals surface area contributed by atoms with E-state index in [1.807, 2.05) is 6.92 Å². The van der Waals surface area contributed by atoms with Crippen LogP contribution in [0.3, 0.4) is 0 Å². The summed E-state index contributed by atoms with van der Waals surface area (Å²) in [7, 11) is 0. The SMILES string of the molecule is CC=CC=CC1CCC(C2CCC(c3ccc(OC(F)(F)F)cc3)CC2)CC1. The van der Waals surface area contributed by atoms with Gasteiger partial charge >= 0.3 is 6.36 Å². The number of benzene rings is 1. The monoisotopic (exact) mass is 392 g/mol. The van der Waals surface area contributed by atoms with Crippen molar-refractivity contribution in [3.8, 4) is 5.75 Å². The summed E-state index contributed by atoms with van der Waals surface area (Å²) in [5.74, 6) is 2.75. The molecule has 1 nitrogen and oxygen atoms in total. The van der Waals surface area contributed by atoms with Gasteiger partial charge in [-0.25, -0.2) is 0 Å². The summed E-state index contributed by atoms with van der Waals surface area (Å²) >= 11 is 0. The van der Waals surface area contributed by atoms with Crippen molar-refractivity contribution < 1.29 is 17.9 Å². The Hall–Kier alpha value is -1.71. The van der Waals surface area contributed by atoms with Crippen molar-refractivity contribution in [3.63, 3.8) is 0 Å². The Labute approximate surface area is 166 Å². The van der Waals surface area contributed by atoms with E-state index in [1.165, 1.54) is 50.7 Å². The third-order valence-electron chi connectivity index (χ3n) is 6.53. The molecule has 0 saturated heterocycles.